The van der Waals surface area contributed by atoms with Crippen molar-refractivity contribution in [3.05, 3.63) is 65.5 Å². The van der Waals surface area contributed by atoms with Crippen molar-refractivity contribution in [3.63, 3.8) is 0 Å². The second kappa shape index (κ2) is 8.69. The summed E-state index contributed by atoms with van der Waals surface area (Å²) in [6.45, 7) is 1.89. The first kappa shape index (κ1) is 19.4. The molecule has 1 amide bonds. The molecule has 0 unspecified atom stereocenters. The van der Waals surface area contributed by atoms with Gasteiger partial charge in [-0.3, -0.25) is 10.1 Å². The maximum atomic E-state index is 13.2. The van der Waals surface area contributed by atoms with Crippen LogP contribution in [0.2, 0.25) is 0 Å². The van der Waals surface area contributed by atoms with E-state index in [2.05, 4.69) is 25.4 Å². The highest BCUT2D eigenvalue weighted by Gasteiger charge is 2.22. The summed E-state index contributed by atoms with van der Waals surface area (Å²) in [5.41, 5.74) is 2.55. The van der Waals surface area contributed by atoms with Gasteiger partial charge in [0.15, 0.2) is 0 Å². The first-order chi connectivity index (χ1) is 15.3. The largest absolute Gasteiger partial charge is 0.340 e. The van der Waals surface area contributed by atoms with Gasteiger partial charge in [0, 0.05) is 24.2 Å². The highest BCUT2D eigenvalue weighted by Crippen LogP contribution is 2.34. The van der Waals surface area contributed by atoms with Gasteiger partial charge in [0.1, 0.15) is 9.88 Å². The molecular weight excluding hydrogens is 408 g/mol. The van der Waals surface area contributed by atoms with Crippen LogP contribution >= 0.6 is 11.3 Å². The van der Waals surface area contributed by atoms with Crippen LogP contribution in [0.5, 0.6) is 0 Å². The first-order valence-electron chi connectivity index (χ1n) is 10.4. The molecule has 0 aliphatic carbocycles. The van der Waals surface area contributed by atoms with Gasteiger partial charge in [-0.05, 0) is 19.3 Å². The number of piperidine rings is 1. The molecule has 0 radical (unpaired) electrons. The fourth-order valence-electron chi connectivity index (χ4n) is 3.68. The Morgan fingerprint density at radius 2 is 1.58 bits per heavy atom. The van der Waals surface area contributed by atoms with E-state index in [1.165, 1.54) is 17.8 Å². The molecule has 2 aromatic carbocycles. The lowest BCUT2D eigenvalue weighted by molar-refractivity contribution is 0.103. The van der Waals surface area contributed by atoms with E-state index >= 15 is 0 Å². The lowest BCUT2D eigenvalue weighted by Crippen LogP contribution is -2.30. The van der Waals surface area contributed by atoms with Crippen LogP contribution in [0.1, 0.15) is 28.9 Å². The minimum absolute atomic E-state index is 0.250. The number of hydrogen-bond acceptors (Lipinski definition) is 6. The number of carbonyl (C=O) groups excluding carboxylic acids is 1. The minimum atomic E-state index is -0.250. The molecule has 2 aromatic heterocycles. The van der Waals surface area contributed by atoms with Gasteiger partial charge in [-0.2, -0.15) is 4.98 Å². The number of benzene rings is 2. The maximum absolute atomic E-state index is 13.2. The molecule has 7 nitrogen and oxygen atoms in total. The number of amides is 1. The van der Waals surface area contributed by atoms with E-state index in [-0.39, 0.29) is 5.91 Å². The van der Waals surface area contributed by atoms with Gasteiger partial charge in [0.2, 0.25) is 11.9 Å². The van der Waals surface area contributed by atoms with E-state index in [0.717, 1.165) is 42.1 Å². The zero-order valence-corrected chi connectivity index (χ0v) is 17.7. The molecule has 0 atom stereocenters. The summed E-state index contributed by atoms with van der Waals surface area (Å²) >= 11 is 1.37. The smallest absolute Gasteiger partial charge is 0.270 e. The Labute approximate surface area is 184 Å². The number of nitrogens with one attached hydrogen (secondary N) is 2. The van der Waals surface area contributed by atoms with Crippen LogP contribution in [0.3, 0.4) is 0 Å². The number of thiazole rings is 1. The van der Waals surface area contributed by atoms with E-state index in [9.17, 15) is 4.79 Å². The van der Waals surface area contributed by atoms with Crippen LogP contribution in [0, 0.1) is 0 Å². The average molecular weight is 431 g/mol. The van der Waals surface area contributed by atoms with E-state index in [1.54, 1.807) is 0 Å². The highest BCUT2D eigenvalue weighted by molar-refractivity contribution is 7.17. The Kier molecular flexibility index (Phi) is 5.45. The molecule has 5 rings (SSSR count). The summed E-state index contributed by atoms with van der Waals surface area (Å²) in [6, 6.07) is 19.7. The van der Waals surface area contributed by atoms with Crippen LogP contribution < -0.4 is 10.2 Å². The van der Waals surface area contributed by atoms with Crippen LogP contribution in [0.4, 0.5) is 11.9 Å². The number of aromatic amines is 1. The maximum Gasteiger partial charge on any atom is 0.270 e. The molecule has 1 aliphatic heterocycles. The minimum Gasteiger partial charge on any atom is -0.340 e. The lowest BCUT2D eigenvalue weighted by atomic mass is 10.1. The third-order valence-electron chi connectivity index (χ3n) is 5.25. The number of H-pyrrole nitrogens is 1. The molecule has 4 aromatic rings. The zero-order valence-electron chi connectivity index (χ0n) is 16.9. The van der Waals surface area contributed by atoms with Crippen molar-refractivity contribution in [1.29, 1.82) is 0 Å². The molecule has 1 fully saturated rings. The lowest BCUT2D eigenvalue weighted by Gasteiger charge is -2.24. The molecule has 31 heavy (non-hydrogen) atoms. The summed E-state index contributed by atoms with van der Waals surface area (Å²) in [5.74, 6) is 0.728. The van der Waals surface area contributed by atoms with Gasteiger partial charge in [-0.1, -0.05) is 60.7 Å². The van der Waals surface area contributed by atoms with Crippen molar-refractivity contribution in [1.82, 2.24) is 20.2 Å². The summed E-state index contributed by atoms with van der Waals surface area (Å²) in [6.07, 6.45) is 3.52. The second-order valence-electron chi connectivity index (χ2n) is 7.41. The normalized spacial score (nSPS) is 13.9. The van der Waals surface area contributed by atoms with Crippen LogP contribution in [0.15, 0.2) is 60.7 Å². The molecule has 2 N–H and O–H groups in total. The summed E-state index contributed by atoms with van der Waals surface area (Å²) in [5, 5.41) is 10.8. The molecule has 1 saturated heterocycles. The van der Waals surface area contributed by atoms with Crippen LogP contribution in [-0.2, 0) is 0 Å². The fraction of sp³-hybridized carbons (Fsp3) is 0.217. The third kappa shape index (κ3) is 4.20. The van der Waals surface area contributed by atoms with Gasteiger partial charge in [-0.25, -0.2) is 10.1 Å². The average Bonchev–Trinajstić information content (AvgIpc) is 3.49. The molecule has 156 valence electrons. The number of anilines is 2. The predicted molar refractivity (Wildman–Crippen MR) is 123 cm³/mol. The van der Waals surface area contributed by atoms with E-state index in [0.29, 0.717) is 22.5 Å². The predicted octanol–water partition coefficient (Wildman–Crippen LogP) is 4.84. The first-order valence-corrected chi connectivity index (χ1v) is 11.2. The third-order valence-corrected chi connectivity index (χ3v) is 6.35. The van der Waals surface area contributed by atoms with E-state index in [1.807, 2.05) is 60.7 Å². The SMILES string of the molecule is O=C(Nc1nc(N2CCCCC2)n[nH]1)c1sc(-c2ccccc2)nc1-c1ccccc1. The molecule has 0 saturated carbocycles. The van der Waals surface area contributed by atoms with Gasteiger partial charge in [0.05, 0.1) is 5.69 Å². The Balaban J connectivity index is 1.44. The van der Waals surface area contributed by atoms with Crippen LogP contribution in [0.25, 0.3) is 21.8 Å². The number of carbonyl (C=O) groups is 1. The summed E-state index contributed by atoms with van der Waals surface area (Å²) in [4.78, 5) is 25.2. The van der Waals surface area contributed by atoms with Crippen molar-refractivity contribution in [2.45, 2.75) is 19.3 Å². The quantitative estimate of drug-likeness (QED) is 0.473. The summed E-state index contributed by atoms with van der Waals surface area (Å²) < 4.78 is 0. The van der Waals surface area contributed by atoms with Crippen molar-refractivity contribution in [2.24, 2.45) is 0 Å². The van der Waals surface area contributed by atoms with Crippen LogP contribution in [-0.4, -0.2) is 39.2 Å². The molecule has 3 heterocycles. The van der Waals surface area contributed by atoms with Crippen molar-refractivity contribution >= 4 is 29.1 Å². The Hall–Kier alpha value is -3.52. The summed E-state index contributed by atoms with van der Waals surface area (Å²) in [7, 11) is 0. The van der Waals surface area contributed by atoms with Gasteiger partial charge >= 0.3 is 0 Å². The molecule has 0 bridgehead atoms. The van der Waals surface area contributed by atoms with Gasteiger partial charge in [0.25, 0.3) is 5.91 Å². The Bertz CT molecular complexity index is 1170. The molecule has 1 aliphatic rings. The van der Waals surface area contributed by atoms with Crippen molar-refractivity contribution in [2.75, 3.05) is 23.3 Å². The van der Waals surface area contributed by atoms with Gasteiger partial charge in [-0.15, -0.1) is 16.4 Å². The standard InChI is InChI=1S/C23H22N6OS/c30-20(25-22-26-23(28-27-22)29-14-8-3-9-15-29)19-18(16-10-4-1-5-11-16)24-21(31-19)17-12-6-2-7-13-17/h1-2,4-7,10-13H,3,8-9,14-15H2,(H2,25,26,27,28,30). The molecule has 8 heteroatoms. The number of hydrogen-bond donors (Lipinski definition) is 2. The van der Waals surface area contributed by atoms with E-state index < -0.39 is 0 Å². The van der Waals surface area contributed by atoms with Crippen molar-refractivity contribution in [3.8, 4) is 21.8 Å². The topological polar surface area (TPSA) is 86.8 Å². The Morgan fingerprint density at radius 3 is 2.29 bits per heavy atom. The number of aromatic nitrogens is 4. The highest BCUT2D eigenvalue weighted by atomic mass is 32.1. The molecular formula is C23H22N6OS. The number of nitrogens with zero attached hydrogens (tertiary/aromatic N) is 4. The zero-order chi connectivity index (χ0) is 21.0. The Morgan fingerprint density at radius 1 is 0.903 bits per heavy atom. The monoisotopic (exact) mass is 430 g/mol. The second-order valence-corrected chi connectivity index (χ2v) is 8.41. The van der Waals surface area contributed by atoms with Gasteiger partial charge < -0.3 is 4.90 Å². The van der Waals surface area contributed by atoms with E-state index in [4.69, 9.17) is 4.98 Å². The molecule has 0 spiro atoms. The fourth-order valence-corrected chi connectivity index (χ4v) is 4.67. The van der Waals surface area contributed by atoms with Crippen molar-refractivity contribution < 1.29 is 4.79 Å². The number of rotatable bonds is 5.